The van der Waals surface area contributed by atoms with E-state index in [-0.39, 0.29) is 5.91 Å². The maximum atomic E-state index is 11.8. The molecule has 0 saturated carbocycles. The fourth-order valence-electron chi connectivity index (χ4n) is 2.32. The molecule has 21 heavy (non-hydrogen) atoms. The number of aryl methyl sites for hydroxylation is 1. The Bertz CT molecular complexity index is 746. The Morgan fingerprint density at radius 3 is 3.10 bits per heavy atom. The van der Waals surface area contributed by atoms with Crippen molar-refractivity contribution in [2.75, 3.05) is 6.54 Å². The van der Waals surface area contributed by atoms with Crippen LogP contribution in [0.2, 0.25) is 0 Å². The lowest BCUT2D eigenvalue weighted by molar-refractivity contribution is -0.120. The number of carbonyl (C=O) groups excluding carboxylic acids is 1. The highest BCUT2D eigenvalue weighted by atomic mass is 32.1. The van der Waals surface area contributed by atoms with Gasteiger partial charge in [0, 0.05) is 11.4 Å². The van der Waals surface area contributed by atoms with Gasteiger partial charge in [-0.1, -0.05) is 12.1 Å². The van der Waals surface area contributed by atoms with Gasteiger partial charge in [-0.05, 0) is 42.5 Å². The quantitative estimate of drug-likeness (QED) is 0.761. The highest BCUT2D eigenvalue weighted by Crippen LogP contribution is 2.14. The Morgan fingerprint density at radius 1 is 1.38 bits per heavy atom. The molecule has 0 aliphatic carbocycles. The first-order valence-corrected chi connectivity index (χ1v) is 7.83. The van der Waals surface area contributed by atoms with E-state index in [1.54, 1.807) is 11.3 Å². The van der Waals surface area contributed by atoms with Gasteiger partial charge in [-0.3, -0.25) is 4.79 Å². The van der Waals surface area contributed by atoms with Gasteiger partial charge < -0.3 is 10.3 Å². The number of aromatic nitrogens is 2. The topological polar surface area (TPSA) is 57.8 Å². The van der Waals surface area contributed by atoms with Crippen LogP contribution < -0.4 is 5.32 Å². The average Bonchev–Trinajstić information content (AvgIpc) is 3.06. The van der Waals surface area contributed by atoms with Crippen molar-refractivity contribution in [2.45, 2.75) is 19.8 Å². The van der Waals surface area contributed by atoms with Gasteiger partial charge in [0.15, 0.2) is 0 Å². The number of imidazole rings is 1. The van der Waals surface area contributed by atoms with Crippen LogP contribution in [0.1, 0.15) is 16.3 Å². The van der Waals surface area contributed by atoms with Gasteiger partial charge in [0.2, 0.25) is 5.91 Å². The normalized spacial score (nSPS) is 10.9. The number of hydrogen-bond donors (Lipinski definition) is 2. The lowest BCUT2D eigenvalue weighted by Gasteiger charge is -2.04. The second kappa shape index (κ2) is 6.10. The Morgan fingerprint density at radius 2 is 2.29 bits per heavy atom. The summed E-state index contributed by atoms with van der Waals surface area (Å²) < 4.78 is 0. The van der Waals surface area contributed by atoms with Crippen molar-refractivity contribution in [2.24, 2.45) is 0 Å². The molecule has 2 N–H and O–H groups in total. The van der Waals surface area contributed by atoms with Crippen LogP contribution in [-0.2, 0) is 17.6 Å². The van der Waals surface area contributed by atoms with E-state index in [9.17, 15) is 4.79 Å². The molecule has 0 unspecified atom stereocenters. The second-order valence-corrected chi connectivity index (χ2v) is 6.06. The van der Waals surface area contributed by atoms with Crippen LogP contribution >= 0.6 is 11.3 Å². The van der Waals surface area contributed by atoms with E-state index in [2.05, 4.69) is 27.4 Å². The van der Waals surface area contributed by atoms with Gasteiger partial charge >= 0.3 is 0 Å². The Labute approximate surface area is 127 Å². The van der Waals surface area contributed by atoms with Crippen LogP contribution in [0, 0.1) is 6.92 Å². The minimum Gasteiger partial charge on any atom is -0.355 e. The number of benzene rings is 1. The second-order valence-electron chi connectivity index (χ2n) is 5.03. The van der Waals surface area contributed by atoms with E-state index < -0.39 is 0 Å². The molecule has 3 rings (SSSR count). The highest BCUT2D eigenvalue weighted by Gasteiger charge is 2.04. The van der Waals surface area contributed by atoms with Crippen molar-refractivity contribution >= 4 is 28.3 Å². The molecule has 4 nitrogen and oxygen atoms in total. The molecule has 1 amide bonds. The predicted molar refractivity (Wildman–Crippen MR) is 85.6 cm³/mol. The third kappa shape index (κ3) is 3.49. The predicted octanol–water partition coefficient (Wildman–Crippen LogP) is 2.83. The zero-order valence-electron chi connectivity index (χ0n) is 11.8. The first-order valence-electron chi connectivity index (χ1n) is 6.95. The minimum atomic E-state index is 0.0795. The zero-order chi connectivity index (χ0) is 14.7. The summed E-state index contributed by atoms with van der Waals surface area (Å²) in [6, 6.07) is 10.1. The number of nitrogens with one attached hydrogen (secondary N) is 2. The fourth-order valence-corrected chi connectivity index (χ4v) is 3.02. The van der Waals surface area contributed by atoms with Gasteiger partial charge in [-0.15, -0.1) is 11.3 Å². The van der Waals surface area contributed by atoms with E-state index in [1.807, 2.05) is 30.5 Å². The summed E-state index contributed by atoms with van der Waals surface area (Å²) in [6.45, 7) is 2.60. The van der Waals surface area contributed by atoms with Crippen molar-refractivity contribution in [1.82, 2.24) is 15.3 Å². The number of aromatic amines is 1. The van der Waals surface area contributed by atoms with E-state index in [0.717, 1.165) is 28.2 Å². The van der Waals surface area contributed by atoms with Gasteiger partial charge in [-0.25, -0.2) is 4.98 Å². The largest absolute Gasteiger partial charge is 0.355 e. The summed E-state index contributed by atoms with van der Waals surface area (Å²) in [5, 5.41) is 4.95. The van der Waals surface area contributed by atoms with Crippen LogP contribution in [0.4, 0.5) is 0 Å². The number of hydrogen-bond acceptors (Lipinski definition) is 3. The number of rotatable bonds is 5. The maximum Gasteiger partial charge on any atom is 0.225 e. The third-order valence-corrected chi connectivity index (χ3v) is 4.19. The van der Waals surface area contributed by atoms with Crippen molar-refractivity contribution in [3.05, 3.63) is 52.0 Å². The fraction of sp³-hybridized carbons (Fsp3) is 0.250. The molecule has 108 valence electrons. The molecule has 1 aromatic carbocycles. The lowest BCUT2D eigenvalue weighted by Crippen LogP contribution is -2.26. The molecule has 2 aromatic heterocycles. The van der Waals surface area contributed by atoms with Gasteiger partial charge in [0.1, 0.15) is 5.82 Å². The van der Waals surface area contributed by atoms with Gasteiger partial charge in [0.25, 0.3) is 0 Å². The molecule has 0 aliphatic rings. The Balaban J connectivity index is 1.53. The van der Waals surface area contributed by atoms with Crippen LogP contribution in [0.25, 0.3) is 11.0 Å². The van der Waals surface area contributed by atoms with Gasteiger partial charge in [0.05, 0.1) is 17.5 Å². The van der Waals surface area contributed by atoms with E-state index in [1.165, 1.54) is 5.56 Å². The molecule has 0 bridgehead atoms. The van der Waals surface area contributed by atoms with Crippen molar-refractivity contribution in [3.8, 4) is 0 Å². The summed E-state index contributed by atoms with van der Waals surface area (Å²) in [5.41, 5.74) is 3.23. The average molecular weight is 299 g/mol. The monoisotopic (exact) mass is 299 g/mol. The van der Waals surface area contributed by atoms with Crippen LogP contribution in [0.3, 0.4) is 0 Å². The molecule has 0 aliphatic heterocycles. The van der Waals surface area contributed by atoms with E-state index >= 15 is 0 Å². The smallest absolute Gasteiger partial charge is 0.225 e. The number of amides is 1. The minimum absolute atomic E-state index is 0.0795. The number of nitrogens with zero attached hydrogens (tertiary/aromatic N) is 1. The van der Waals surface area contributed by atoms with Crippen molar-refractivity contribution < 1.29 is 4.79 Å². The van der Waals surface area contributed by atoms with Crippen molar-refractivity contribution in [1.29, 1.82) is 0 Å². The molecule has 3 aromatic rings. The molecular formula is C16H17N3OS. The SMILES string of the molecule is Cc1nc2ccc(CCNC(=O)Cc3cccs3)cc2[nH]1. The molecule has 0 atom stereocenters. The standard InChI is InChI=1S/C16H17N3OS/c1-11-18-14-5-4-12(9-15(14)19-11)6-7-17-16(20)10-13-3-2-8-21-13/h2-5,8-9H,6-7,10H2,1H3,(H,17,20)(H,18,19). The summed E-state index contributed by atoms with van der Waals surface area (Å²) in [6.07, 6.45) is 1.29. The summed E-state index contributed by atoms with van der Waals surface area (Å²) >= 11 is 1.61. The molecule has 0 fully saturated rings. The summed E-state index contributed by atoms with van der Waals surface area (Å²) in [4.78, 5) is 20.5. The van der Waals surface area contributed by atoms with E-state index in [0.29, 0.717) is 13.0 Å². The molecular weight excluding hydrogens is 282 g/mol. The maximum absolute atomic E-state index is 11.8. The van der Waals surface area contributed by atoms with E-state index in [4.69, 9.17) is 0 Å². The van der Waals surface area contributed by atoms with Gasteiger partial charge in [-0.2, -0.15) is 0 Å². The van der Waals surface area contributed by atoms with Crippen molar-refractivity contribution in [3.63, 3.8) is 0 Å². The number of fused-ring (bicyclic) bond motifs is 1. The van der Waals surface area contributed by atoms with Crippen LogP contribution in [0.15, 0.2) is 35.7 Å². The molecule has 0 saturated heterocycles. The Hall–Kier alpha value is -2.14. The Kier molecular flexibility index (Phi) is 4.01. The molecule has 5 heteroatoms. The summed E-state index contributed by atoms with van der Waals surface area (Å²) in [5.74, 6) is 1.00. The summed E-state index contributed by atoms with van der Waals surface area (Å²) in [7, 11) is 0. The highest BCUT2D eigenvalue weighted by molar-refractivity contribution is 7.10. The van der Waals surface area contributed by atoms with Crippen LogP contribution in [0.5, 0.6) is 0 Å². The zero-order valence-corrected chi connectivity index (χ0v) is 12.7. The number of H-pyrrole nitrogens is 1. The molecule has 2 heterocycles. The lowest BCUT2D eigenvalue weighted by atomic mass is 10.1. The molecule has 0 spiro atoms. The number of carbonyl (C=O) groups is 1. The third-order valence-electron chi connectivity index (χ3n) is 3.32. The number of thiophene rings is 1. The van der Waals surface area contributed by atoms with Crippen LogP contribution in [-0.4, -0.2) is 22.4 Å². The first-order chi connectivity index (χ1) is 10.2. The molecule has 0 radical (unpaired) electrons. The first kappa shape index (κ1) is 13.8.